The Balaban J connectivity index is 1.96. The smallest absolute Gasteiger partial charge is 0.220 e. The van der Waals surface area contributed by atoms with E-state index in [1.165, 1.54) is 0 Å². The fraction of sp³-hybridized carbons (Fsp3) is 0.409. The van der Waals surface area contributed by atoms with Crippen molar-refractivity contribution in [1.29, 1.82) is 0 Å². The summed E-state index contributed by atoms with van der Waals surface area (Å²) in [6, 6.07) is 12.1. The Morgan fingerprint density at radius 2 is 1.62 bits per heavy atom. The van der Waals surface area contributed by atoms with E-state index in [0.29, 0.717) is 6.42 Å². The molecular formula is C22H29NO3. The molecule has 2 aromatic rings. The van der Waals surface area contributed by atoms with Crippen molar-refractivity contribution in [2.75, 3.05) is 14.2 Å². The highest BCUT2D eigenvalue weighted by atomic mass is 16.5. The number of carbonyl (C=O) groups excluding carboxylic acids is 1. The quantitative estimate of drug-likeness (QED) is 0.757. The minimum absolute atomic E-state index is 0.0182. The maximum absolute atomic E-state index is 12.4. The first kappa shape index (κ1) is 19.8. The molecule has 2 aromatic carbocycles. The second-order valence-electron chi connectivity index (χ2n) is 6.56. The molecule has 1 atom stereocenters. The van der Waals surface area contributed by atoms with E-state index in [0.717, 1.165) is 46.6 Å². The summed E-state index contributed by atoms with van der Waals surface area (Å²) in [7, 11) is 3.34. The zero-order chi connectivity index (χ0) is 19.1. The van der Waals surface area contributed by atoms with E-state index < -0.39 is 0 Å². The Morgan fingerprint density at radius 3 is 2.15 bits per heavy atom. The predicted molar refractivity (Wildman–Crippen MR) is 105 cm³/mol. The predicted octanol–water partition coefficient (Wildman–Crippen LogP) is 4.52. The summed E-state index contributed by atoms with van der Waals surface area (Å²) >= 11 is 0. The third-order valence-electron chi connectivity index (χ3n) is 4.66. The summed E-state index contributed by atoms with van der Waals surface area (Å²) < 4.78 is 10.6. The highest BCUT2D eigenvalue weighted by Gasteiger charge is 2.14. The molecule has 26 heavy (non-hydrogen) atoms. The SMILES string of the molecule is CCC(NC(=O)CCc1ccc(OC)c(C)c1)c1ccc(OC)c(C)c1. The highest BCUT2D eigenvalue weighted by Crippen LogP contribution is 2.24. The fourth-order valence-electron chi connectivity index (χ4n) is 3.16. The van der Waals surface area contributed by atoms with E-state index in [1.54, 1.807) is 14.2 Å². The molecule has 0 saturated carbocycles. The first-order valence-electron chi connectivity index (χ1n) is 9.05. The van der Waals surface area contributed by atoms with Gasteiger partial charge in [-0.1, -0.05) is 31.2 Å². The van der Waals surface area contributed by atoms with Crippen molar-refractivity contribution >= 4 is 5.91 Å². The van der Waals surface area contributed by atoms with Gasteiger partial charge < -0.3 is 14.8 Å². The van der Waals surface area contributed by atoms with Crippen molar-refractivity contribution in [3.8, 4) is 11.5 Å². The minimum Gasteiger partial charge on any atom is -0.496 e. The van der Waals surface area contributed by atoms with E-state index in [1.807, 2.05) is 38.1 Å². The summed E-state index contributed by atoms with van der Waals surface area (Å²) in [5.41, 5.74) is 4.42. The average molecular weight is 355 g/mol. The van der Waals surface area contributed by atoms with E-state index >= 15 is 0 Å². The third kappa shape index (κ3) is 5.01. The fourth-order valence-corrected chi connectivity index (χ4v) is 3.16. The molecule has 0 heterocycles. The number of carbonyl (C=O) groups is 1. The molecule has 0 aliphatic heterocycles. The molecule has 0 radical (unpaired) electrons. The number of amides is 1. The van der Waals surface area contributed by atoms with Crippen LogP contribution >= 0.6 is 0 Å². The molecule has 0 spiro atoms. The van der Waals surface area contributed by atoms with Crippen LogP contribution in [0, 0.1) is 13.8 Å². The number of rotatable bonds is 8. The molecule has 1 N–H and O–H groups in total. The van der Waals surface area contributed by atoms with Crippen LogP contribution in [0.15, 0.2) is 36.4 Å². The van der Waals surface area contributed by atoms with Gasteiger partial charge in [-0.2, -0.15) is 0 Å². The monoisotopic (exact) mass is 355 g/mol. The van der Waals surface area contributed by atoms with Crippen molar-refractivity contribution in [1.82, 2.24) is 5.32 Å². The largest absolute Gasteiger partial charge is 0.496 e. The van der Waals surface area contributed by atoms with Gasteiger partial charge in [0.25, 0.3) is 0 Å². The van der Waals surface area contributed by atoms with Gasteiger partial charge in [0.15, 0.2) is 0 Å². The van der Waals surface area contributed by atoms with Crippen molar-refractivity contribution in [3.63, 3.8) is 0 Å². The molecule has 1 unspecified atom stereocenters. The molecule has 0 aliphatic rings. The number of hydrogen-bond acceptors (Lipinski definition) is 3. The van der Waals surface area contributed by atoms with Crippen LogP contribution in [0.3, 0.4) is 0 Å². The number of hydrogen-bond donors (Lipinski definition) is 1. The zero-order valence-electron chi connectivity index (χ0n) is 16.4. The summed E-state index contributed by atoms with van der Waals surface area (Å²) in [4.78, 5) is 12.4. The number of aryl methyl sites for hydroxylation is 3. The summed E-state index contributed by atoms with van der Waals surface area (Å²) in [5.74, 6) is 1.81. The van der Waals surface area contributed by atoms with E-state index in [-0.39, 0.29) is 11.9 Å². The molecule has 1 amide bonds. The second-order valence-corrected chi connectivity index (χ2v) is 6.56. The van der Waals surface area contributed by atoms with Gasteiger partial charge in [-0.05, 0) is 61.1 Å². The van der Waals surface area contributed by atoms with Gasteiger partial charge in [0, 0.05) is 6.42 Å². The summed E-state index contributed by atoms with van der Waals surface area (Å²) in [6.45, 7) is 6.11. The third-order valence-corrected chi connectivity index (χ3v) is 4.66. The van der Waals surface area contributed by atoms with Gasteiger partial charge in [0.2, 0.25) is 5.91 Å². The zero-order valence-corrected chi connectivity index (χ0v) is 16.4. The van der Waals surface area contributed by atoms with Gasteiger partial charge in [-0.3, -0.25) is 4.79 Å². The Kier molecular flexibility index (Phi) is 7.07. The van der Waals surface area contributed by atoms with Crippen molar-refractivity contribution < 1.29 is 14.3 Å². The number of nitrogens with one attached hydrogen (secondary N) is 1. The molecule has 140 valence electrons. The topological polar surface area (TPSA) is 47.6 Å². The molecule has 2 rings (SSSR count). The average Bonchev–Trinajstić information content (AvgIpc) is 2.64. The standard InChI is InChI=1S/C22H29NO3/c1-6-19(18-9-11-21(26-5)16(3)14-18)23-22(24)12-8-17-7-10-20(25-4)15(2)13-17/h7,9-11,13-14,19H,6,8,12H2,1-5H3,(H,23,24). The van der Waals surface area contributed by atoms with Crippen LogP contribution in [0.5, 0.6) is 11.5 Å². The van der Waals surface area contributed by atoms with Crippen molar-refractivity contribution in [2.45, 2.75) is 46.1 Å². The highest BCUT2D eigenvalue weighted by molar-refractivity contribution is 5.76. The van der Waals surface area contributed by atoms with Gasteiger partial charge in [0.1, 0.15) is 11.5 Å². The number of methoxy groups -OCH3 is 2. The maximum Gasteiger partial charge on any atom is 0.220 e. The van der Waals surface area contributed by atoms with Crippen molar-refractivity contribution in [2.24, 2.45) is 0 Å². The molecule has 0 aromatic heterocycles. The Bertz CT molecular complexity index is 755. The Morgan fingerprint density at radius 1 is 1.00 bits per heavy atom. The molecule has 0 fully saturated rings. The second kappa shape index (κ2) is 9.27. The van der Waals surface area contributed by atoms with Gasteiger partial charge in [-0.25, -0.2) is 0 Å². The van der Waals surface area contributed by atoms with E-state index in [9.17, 15) is 4.79 Å². The van der Waals surface area contributed by atoms with Crippen LogP contribution < -0.4 is 14.8 Å². The molecular weight excluding hydrogens is 326 g/mol. The molecule has 0 saturated heterocycles. The Labute approximate surface area is 156 Å². The van der Waals surface area contributed by atoms with E-state index in [2.05, 4.69) is 24.4 Å². The van der Waals surface area contributed by atoms with Crippen LogP contribution in [0.25, 0.3) is 0 Å². The van der Waals surface area contributed by atoms with Gasteiger partial charge in [0.05, 0.1) is 20.3 Å². The molecule has 0 aliphatic carbocycles. The van der Waals surface area contributed by atoms with Crippen LogP contribution in [0.2, 0.25) is 0 Å². The van der Waals surface area contributed by atoms with Gasteiger partial charge in [-0.15, -0.1) is 0 Å². The first-order chi connectivity index (χ1) is 12.5. The molecule has 4 heteroatoms. The number of ether oxygens (including phenoxy) is 2. The lowest BCUT2D eigenvalue weighted by atomic mass is 10.0. The first-order valence-corrected chi connectivity index (χ1v) is 9.05. The van der Waals surface area contributed by atoms with Crippen LogP contribution in [-0.4, -0.2) is 20.1 Å². The van der Waals surface area contributed by atoms with Crippen LogP contribution in [0.4, 0.5) is 0 Å². The van der Waals surface area contributed by atoms with Gasteiger partial charge >= 0.3 is 0 Å². The van der Waals surface area contributed by atoms with Crippen molar-refractivity contribution in [3.05, 3.63) is 58.7 Å². The number of benzene rings is 2. The lowest BCUT2D eigenvalue weighted by molar-refractivity contribution is -0.121. The van der Waals surface area contributed by atoms with Crippen LogP contribution in [-0.2, 0) is 11.2 Å². The lowest BCUT2D eigenvalue weighted by Crippen LogP contribution is -2.28. The minimum atomic E-state index is 0.0182. The molecule has 0 bridgehead atoms. The summed E-state index contributed by atoms with van der Waals surface area (Å²) in [6.07, 6.45) is 2.03. The Hall–Kier alpha value is -2.49. The van der Waals surface area contributed by atoms with E-state index in [4.69, 9.17) is 9.47 Å². The normalized spacial score (nSPS) is 11.7. The summed E-state index contributed by atoms with van der Waals surface area (Å²) in [5, 5.41) is 3.15. The lowest BCUT2D eigenvalue weighted by Gasteiger charge is -2.19. The van der Waals surface area contributed by atoms with Crippen LogP contribution in [0.1, 0.15) is 48.1 Å². The molecule has 4 nitrogen and oxygen atoms in total. The maximum atomic E-state index is 12.4.